The third kappa shape index (κ3) is 13.3. The molecule has 154 valence electrons. The maximum atomic E-state index is 11.9. The molecule has 3 N–H and O–H groups in total. The Morgan fingerprint density at radius 2 is 1.19 bits per heavy atom. The highest BCUT2D eigenvalue weighted by Gasteiger charge is 2.04. The molecule has 1 aromatic rings. The van der Waals surface area contributed by atoms with Crippen molar-refractivity contribution in [3.05, 3.63) is 24.3 Å². The predicted octanol–water partition coefficient (Wildman–Crippen LogP) is 7.47. The summed E-state index contributed by atoms with van der Waals surface area (Å²) in [6.07, 6.45) is 20.7. The third-order valence-electron chi connectivity index (χ3n) is 5.24. The van der Waals surface area contributed by atoms with Gasteiger partial charge in [0.25, 0.3) is 0 Å². The van der Waals surface area contributed by atoms with Gasteiger partial charge in [0.05, 0.1) is 11.4 Å². The van der Waals surface area contributed by atoms with E-state index < -0.39 is 0 Å². The van der Waals surface area contributed by atoms with Gasteiger partial charge in [-0.3, -0.25) is 4.79 Å². The molecular formula is C24H42N2O. The van der Waals surface area contributed by atoms with Gasteiger partial charge in [0.15, 0.2) is 0 Å². The zero-order valence-corrected chi connectivity index (χ0v) is 17.6. The summed E-state index contributed by atoms with van der Waals surface area (Å²) in [6.45, 7) is 2.28. The Morgan fingerprint density at radius 1 is 0.741 bits per heavy atom. The topological polar surface area (TPSA) is 55.1 Å². The Labute approximate surface area is 167 Å². The van der Waals surface area contributed by atoms with Crippen LogP contribution in [0, 0.1) is 0 Å². The van der Waals surface area contributed by atoms with Crippen LogP contribution in [0.5, 0.6) is 0 Å². The Kier molecular flexibility index (Phi) is 14.5. The van der Waals surface area contributed by atoms with Gasteiger partial charge in [-0.05, 0) is 18.6 Å². The molecule has 0 aliphatic heterocycles. The second-order valence-electron chi connectivity index (χ2n) is 7.84. The zero-order valence-electron chi connectivity index (χ0n) is 17.6. The van der Waals surface area contributed by atoms with Crippen LogP contribution < -0.4 is 11.1 Å². The van der Waals surface area contributed by atoms with E-state index in [1.807, 2.05) is 24.3 Å². The van der Waals surface area contributed by atoms with E-state index in [1.165, 1.54) is 83.5 Å². The normalized spacial score (nSPS) is 10.9. The molecule has 0 aromatic heterocycles. The van der Waals surface area contributed by atoms with E-state index >= 15 is 0 Å². The van der Waals surface area contributed by atoms with Crippen LogP contribution in [-0.2, 0) is 4.79 Å². The first kappa shape index (κ1) is 23.5. The number of nitrogens with two attached hydrogens (primary N) is 1. The second kappa shape index (κ2) is 16.6. The van der Waals surface area contributed by atoms with Gasteiger partial charge >= 0.3 is 0 Å². The van der Waals surface area contributed by atoms with Gasteiger partial charge in [-0.1, -0.05) is 109 Å². The van der Waals surface area contributed by atoms with Crippen LogP contribution in [0.3, 0.4) is 0 Å². The zero-order chi connectivity index (χ0) is 19.6. The fourth-order valence-electron chi connectivity index (χ4n) is 3.48. The van der Waals surface area contributed by atoms with E-state index in [-0.39, 0.29) is 5.91 Å². The molecule has 0 radical (unpaired) electrons. The maximum Gasteiger partial charge on any atom is 0.224 e. The monoisotopic (exact) mass is 374 g/mol. The number of nitrogen functional groups attached to an aromatic ring is 1. The Balaban J connectivity index is 1.82. The van der Waals surface area contributed by atoms with Crippen molar-refractivity contribution in [1.82, 2.24) is 0 Å². The molecule has 0 unspecified atom stereocenters. The molecule has 0 spiro atoms. The van der Waals surface area contributed by atoms with Crippen molar-refractivity contribution >= 4 is 17.3 Å². The first-order chi connectivity index (χ1) is 13.2. The molecule has 0 atom stereocenters. The average Bonchev–Trinajstić information content (AvgIpc) is 2.66. The lowest BCUT2D eigenvalue weighted by Crippen LogP contribution is -2.12. The lowest BCUT2D eigenvalue weighted by Gasteiger charge is -2.07. The standard InChI is InChI=1S/C24H42N2O/c1-2-3-4-5-6-7-8-9-10-11-12-13-14-15-16-21-24(27)26-23-20-18-17-19-22(23)25/h17-20H,2-16,21,25H2,1H3,(H,26,27). The number of carbonyl (C=O) groups is 1. The predicted molar refractivity (Wildman–Crippen MR) is 119 cm³/mol. The number of anilines is 2. The van der Waals surface area contributed by atoms with Crippen molar-refractivity contribution in [2.45, 2.75) is 110 Å². The summed E-state index contributed by atoms with van der Waals surface area (Å²) in [4.78, 5) is 11.9. The van der Waals surface area contributed by atoms with Gasteiger partial charge in [0.1, 0.15) is 0 Å². The van der Waals surface area contributed by atoms with Crippen LogP contribution in [-0.4, -0.2) is 5.91 Å². The highest BCUT2D eigenvalue weighted by atomic mass is 16.1. The van der Waals surface area contributed by atoms with Crippen LogP contribution in [0.1, 0.15) is 110 Å². The van der Waals surface area contributed by atoms with Crippen molar-refractivity contribution in [3.8, 4) is 0 Å². The van der Waals surface area contributed by atoms with Crippen LogP contribution in [0.25, 0.3) is 0 Å². The lowest BCUT2D eigenvalue weighted by atomic mass is 10.0. The Hall–Kier alpha value is -1.51. The smallest absolute Gasteiger partial charge is 0.224 e. The summed E-state index contributed by atoms with van der Waals surface area (Å²) in [5.74, 6) is 0.0718. The first-order valence-electron chi connectivity index (χ1n) is 11.4. The second-order valence-corrected chi connectivity index (χ2v) is 7.84. The van der Waals surface area contributed by atoms with E-state index in [0.29, 0.717) is 12.1 Å². The minimum absolute atomic E-state index is 0.0718. The van der Waals surface area contributed by atoms with Gasteiger partial charge < -0.3 is 11.1 Å². The molecule has 0 aliphatic carbocycles. The summed E-state index contributed by atoms with van der Waals surface area (Å²) >= 11 is 0. The Bertz CT molecular complexity index is 487. The molecule has 0 heterocycles. The molecule has 0 fully saturated rings. The molecule has 1 aromatic carbocycles. The van der Waals surface area contributed by atoms with E-state index in [0.717, 1.165) is 18.5 Å². The number of amides is 1. The molecule has 0 aliphatic rings. The van der Waals surface area contributed by atoms with Crippen LogP contribution in [0.15, 0.2) is 24.3 Å². The third-order valence-corrected chi connectivity index (χ3v) is 5.24. The number of hydrogen-bond acceptors (Lipinski definition) is 2. The van der Waals surface area contributed by atoms with Crippen molar-refractivity contribution in [1.29, 1.82) is 0 Å². The lowest BCUT2D eigenvalue weighted by molar-refractivity contribution is -0.116. The number of unbranched alkanes of at least 4 members (excludes halogenated alkanes) is 14. The van der Waals surface area contributed by atoms with E-state index in [9.17, 15) is 4.79 Å². The van der Waals surface area contributed by atoms with E-state index in [2.05, 4.69) is 12.2 Å². The summed E-state index contributed by atoms with van der Waals surface area (Å²) in [5.41, 5.74) is 7.19. The quantitative estimate of drug-likeness (QED) is 0.219. The fraction of sp³-hybridized carbons (Fsp3) is 0.708. The van der Waals surface area contributed by atoms with E-state index in [1.54, 1.807) is 0 Å². The average molecular weight is 375 g/mol. The van der Waals surface area contributed by atoms with Crippen molar-refractivity contribution in [2.75, 3.05) is 11.1 Å². The number of carbonyl (C=O) groups excluding carboxylic acids is 1. The highest BCUT2D eigenvalue weighted by Crippen LogP contribution is 2.18. The van der Waals surface area contributed by atoms with Gasteiger partial charge in [-0.2, -0.15) is 0 Å². The van der Waals surface area contributed by atoms with Gasteiger partial charge in [-0.25, -0.2) is 0 Å². The van der Waals surface area contributed by atoms with Gasteiger partial charge in [-0.15, -0.1) is 0 Å². The summed E-state index contributed by atoms with van der Waals surface area (Å²) in [7, 11) is 0. The molecule has 3 nitrogen and oxygen atoms in total. The molecule has 0 saturated heterocycles. The van der Waals surface area contributed by atoms with Crippen molar-refractivity contribution in [3.63, 3.8) is 0 Å². The SMILES string of the molecule is CCCCCCCCCCCCCCCCCC(=O)Nc1ccccc1N. The molecule has 1 amide bonds. The molecular weight excluding hydrogens is 332 g/mol. The minimum Gasteiger partial charge on any atom is -0.397 e. The van der Waals surface area contributed by atoms with Crippen molar-refractivity contribution < 1.29 is 4.79 Å². The molecule has 1 rings (SSSR count). The van der Waals surface area contributed by atoms with Crippen LogP contribution in [0.4, 0.5) is 11.4 Å². The molecule has 0 saturated carbocycles. The van der Waals surface area contributed by atoms with Crippen LogP contribution >= 0.6 is 0 Å². The summed E-state index contributed by atoms with van der Waals surface area (Å²) < 4.78 is 0. The molecule has 0 bridgehead atoms. The minimum atomic E-state index is 0.0718. The summed E-state index contributed by atoms with van der Waals surface area (Å²) in [5, 5.41) is 2.90. The number of benzene rings is 1. The van der Waals surface area contributed by atoms with E-state index in [4.69, 9.17) is 5.73 Å². The fourth-order valence-corrected chi connectivity index (χ4v) is 3.48. The highest BCUT2D eigenvalue weighted by molar-refractivity contribution is 5.93. The van der Waals surface area contributed by atoms with Gasteiger partial charge in [0, 0.05) is 6.42 Å². The van der Waals surface area contributed by atoms with Crippen LogP contribution in [0.2, 0.25) is 0 Å². The number of rotatable bonds is 17. The number of hydrogen-bond donors (Lipinski definition) is 2. The van der Waals surface area contributed by atoms with Crippen molar-refractivity contribution in [2.24, 2.45) is 0 Å². The maximum absolute atomic E-state index is 11.9. The summed E-state index contributed by atoms with van der Waals surface area (Å²) in [6, 6.07) is 7.42. The first-order valence-corrected chi connectivity index (χ1v) is 11.4. The largest absolute Gasteiger partial charge is 0.397 e. The molecule has 3 heteroatoms. The Morgan fingerprint density at radius 3 is 1.67 bits per heavy atom. The number of nitrogens with one attached hydrogen (secondary N) is 1. The van der Waals surface area contributed by atoms with Gasteiger partial charge in [0.2, 0.25) is 5.91 Å². The molecule has 27 heavy (non-hydrogen) atoms. The number of para-hydroxylation sites is 2.